The van der Waals surface area contributed by atoms with Crippen LogP contribution in [0, 0.1) is 10.1 Å². The summed E-state index contributed by atoms with van der Waals surface area (Å²) in [4.78, 5) is 14.9. The van der Waals surface area contributed by atoms with E-state index in [0.717, 1.165) is 18.7 Å². The van der Waals surface area contributed by atoms with E-state index in [0.29, 0.717) is 18.2 Å². The highest BCUT2D eigenvalue weighted by molar-refractivity contribution is 5.54. The summed E-state index contributed by atoms with van der Waals surface area (Å²) in [5.74, 6) is 0.961. The summed E-state index contributed by atoms with van der Waals surface area (Å²) in [6, 6.07) is 4.74. The molecule has 0 aliphatic carbocycles. The molecular formula is C13H18N6O2. The number of rotatable bonds is 7. The fourth-order valence-electron chi connectivity index (χ4n) is 1.81. The van der Waals surface area contributed by atoms with Crippen LogP contribution in [0.25, 0.3) is 0 Å². The maximum atomic E-state index is 11.0. The van der Waals surface area contributed by atoms with Crippen molar-refractivity contribution in [3.05, 3.63) is 40.2 Å². The first-order valence-corrected chi connectivity index (χ1v) is 6.71. The minimum Gasteiger partial charge on any atom is -0.370 e. The molecular weight excluding hydrogens is 272 g/mol. The molecule has 2 heterocycles. The Kier molecular flexibility index (Phi) is 4.70. The van der Waals surface area contributed by atoms with Gasteiger partial charge in [0.1, 0.15) is 11.6 Å². The first-order valence-electron chi connectivity index (χ1n) is 6.71. The Morgan fingerprint density at radius 3 is 2.62 bits per heavy atom. The van der Waals surface area contributed by atoms with E-state index in [1.165, 1.54) is 12.1 Å². The lowest BCUT2D eigenvalue weighted by Crippen LogP contribution is -2.09. The number of anilines is 2. The van der Waals surface area contributed by atoms with Gasteiger partial charge in [-0.05, 0) is 12.5 Å². The average molecular weight is 290 g/mol. The van der Waals surface area contributed by atoms with Crippen LogP contribution in [0.4, 0.5) is 17.3 Å². The van der Waals surface area contributed by atoms with Gasteiger partial charge < -0.3 is 10.6 Å². The second-order valence-corrected chi connectivity index (χ2v) is 4.58. The third kappa shape index (κ3) is 3.91. The van der Waals surface area contributed by atoms with Crippen molar-refractivity contribution < 1.29 is 4.92 Å². The minimum atomic E-state index is -0.423. The number of aryl methyl sites for hydroxylation is 1. The molecule has 0 aliphatic rings. The average Bonchev–Trinajstić information content (AvgIpc) is 2.88. The summed E-state index contributed by atoms with van der Waals surface area (Å²) in [5, 5.41) is 21.2. The lowest BCUT2D eigenvalue weighted by atomic mass is 10.3. The van der Waals surface area contributed by atoms with Crippen LogP contribution in [-0.4, -0.2) is 26.2 Å². The van der Waals surface area contributed by atoms with Crippen LogP contribution in [-0.2, 0) is 13.6 Å². The second kappa shape index (κ2) is 6.69. The molecule has 0 saturated carbocycles. The molecule has 8 nitrogen and oxygen atoms in total. The van der Waals surface area contributed by atoms with Gasteiger partial charge in [-0.2, -0.15) is 5.10 Å². The Morgan fingerprint density at radius 2 is 2.05 bits per heavy atom. The molecule has 0 spiro atoms. The number of aromatic nitrogens is 3. The Bertz CT molecular complexity index is 625. The summed E-state index contributed by atoms with van der Waals surface area (Å²) in [6.45, 7) is 3.24. The van der Waals surface area contributed by atoms with Crippen molar-refractivity contribution >= 4 is 17.3 Å². The van der Waals surface area contributed by atoms with E-state index in [1.807, 2.05) is 20.0 Å². The van der Waals surface area contributed by atoms with Gasteiger partial charge in [0.2, 0.25) is 0 Å². The van der Waals surface area contributed by atoms with Crippen LogP contribution in [0.1, 0.15) is 19.0 Å². The first-order chi connectivity index (χ1) is 10.1. The van der Waals surface area contributed by atoms with E-state index >= 15 is 0 Å². The summed E-state index contributed by atoms with van der Waals surface area (Å²) in [7, 11) is 1.84. The van der Waals surface area contributed by atoms with Crippen LogP contribution in [0.3, 0.4) is 0 Å². The summed E-state index contributed by atoms with van der Waals surface area (Å²) >= 11 is 0. The largest absolute Gasteiger partial charge is 0.370 e. The van der Waals surface area contributed by atoms with Gasteiger partial charge in [0.25, 0.3) is 5.69 Å². The number of nitro groups is 1. The van der Waals surface area contributed by atoms with Crippen molar-refractivity contribution in [2.45, 2.75) is 19.9 Å². The Hall–Kier alpha value is -2.64. The van der Waals surface area contributed by atoms with Gasteiger partial charge >= 0.3 is 0 Å². The number of hydrogen-bond acceptors (Lipinski definition) is 6. The molecule has 0 atom stereocenters. The molecule has 0 saturated heterocycles. The van der Waals surface area contributed by atoms with Crippen LogP contribution >= 0.6 is 0 Å². The van der Waals surface area contributed by atoms with E-state index in [4.69, 9.17) is 0 Å². The van der Waals surface area contributed by atoms with Gasteiger partial charge in [0, 0.05) is 19.8 Å². The molecule has 0 amide bonds. The summed E-state index contributed by atoms with van der Waals surface area (Å²) in [6.07, 6.45) is 2.62. The first kappa shape index (κ1) is 14.8. The quantitative estimate of drug-likeness (QED) is 0.599. The topological polar surface area (TPSA) is 97.9 Å². The molecule has 0 fully saturated rings. The molecule has 112 valence electrons. The molecule has 2 aromatic rings. The molecule has 21 heavy (non-hydrogen) atoms. The van der Waals surface area contributed by atoms with Crippen molar-refractivity contribution in [1.29, 1.82) is 0 Å². The van der Waals surface area contributed by atoms with E-state index in [9.17, 15) is 10.1 Å². The molecule has 0 bridgehead atoms. The van der Waals surface area contributed by atoms with Gasteiger partial charge in [0.05, 0.1) is 29.3 Å². The van der Waals surface area contributed by atoms with E-state index in [2.05, 4.69) is 20.7 Å². The van der Waals surface area contributed by atoms with Crippen LogP contribution < -0.4 is 10.6 Å². The number of nitrogens with zero attached hydrogens (tertiary/aromatic N) is 4. The summed E-state index contributed by atoms with van der Waals surface area (Å²) in [5.41, 5.74) is 0.975. The predicted molar refractivity (Wildman–Crippen MR) is 80.2 cm³/mol. The van der Waals surface area contributed by atoms with E-state index in [-0.39, 0.29) is 5.69 Å². The highest BCUT2D eigenvalue weighted by Crippen LogP contribution is 2.21. The molecule has 8 heteroatoms. The van der Waals surface area contributed by atoms with Gasteiger partial charge in [-0.15, -0.1) is 0 Å². The van der Waals surface area contributed by atoms with Crippen molar-refractivity contribution in [3.63, 3.8) is 0 Å². The monoisotopic (exact) mass is 290 g/mol. The molecule has 0 radical (unpaired) electrons. The Balaban J connectivity index is 2.15. The van der Waals surface area contributed by atoms with E-state index < -0.39 is 4.92 Å². The SMILES string of the molecule is CCCNc1cc([N+](=O)[O-])cc(NCc2ccnn2C)n1. The van der Waals surface area contributed by atoms with E-state index in [1.54, 1.807) is 10.9 Å². The predicted octanol–water partition coefficient (Wildman–Crippen LogP) is 2.16. The molecule has 2 rings (SSSR count). The van der Waals surface area contributed by atoms with Gasteiger partial charge in [-0.1, -0.05) is 6.92 Å². The van der Waals surface area contributed by atoms with Crippen molar-refractivity contribution in [3.8, 4) is 0 Å². The molecule has 2 aromatic heterocycles. The Labute approximate surface area is 122 Å². The van der Waals surface area contributed by atoms with Crippen molar-refractivity contribution in [1.82, 2.24) is 14.8 Å². The zero-order chi connectivity index (χ0) is 15.2. The lowest BCUT2D eigenvalue weighted by Gasteiger charge is -2.09. The third-order valence-electron chi connectivity index (χ3n) is 2.95. The number of nitrogens with one attached hydrogen (secondary N) is 2. The molecule has 0 aliphatic heterocycles. The molecule has 2 N–H and O–H groups in total. The smallest absolute Gasteiger partial charge is 0.276 e. The molecule has 0 unspecified atom stereocenters. The van der Waals surface area contributed by atoms with Crippen molar-refractivity contribution in [2.24, 2.45) is 7.05 Å². The fourth-order valence-corrected chi connectivity index (χ4v) is 1.81. The zero-order valence-corrected chi connectivity index (χ0v) is 12.0. The normalized spacial score (nSPS) is 10.4. The number of hydrogen-bond donors (Lipinski definition) is 2. The Morgan fingerprint density at radius 1 is 1.33 bits per heavy atom. The van der Waals surface area contributed by atoms with Gasteiger partial charge in [-0.3, -0.25) is 14.8 Å². The highest BCUT2D eigenvalue weighted by Gasteiger charge is 2.11. The third-order valence-corrected chi connectivity index (χ3v) is 2.95. The standard InChI is InChI=1S/C13H18N6O2/c1-3-5-14-12-7-11(19(20)21)8-13(17-12)15-9-10-4-6-16-18(10)2/h4,6-8H,3,5,9H2,1-2H3,(H2,14,15,17). The number of pyridine rings is 1. The lowest BCUT2D eigenvalue weighted by molar-refractivity contribution is -0.384. The maximum Gasteiger partial charge on any atom is 0.276 e. The minimum absolute atomic E-state index is 0.0103. The fraction of sp³-hybridized carbons (Fsp3) is 0.385. The maximum absolute atomic E-state index is 11.0. The van der Waals surface area contributed by atoms with Crippen LogP contribution in [0.15, 0.2) is 24.4 Å². The summed E-state index contributed by atoms with van der Waals surface area (Å²) < 4.78 is 1.74. The van der Waals surface area contributed by atoms with Gasteiger partial charge in [0.15, 0.2) is 0 Å². The molecule has 0 aromatic carbocycles. The van der Waals surface area contributed by atoms with Crippen LogP contribution in [0.2, 0.25) is 0 Å². The van der Waals surface area contributed by atoms with Gasteiger partial charge in [-0.25, -0.2) is 4.98 Å². The second-order valence-electron chi connectivity index (χ2n) is 4.58. The zero-order valence-electron chi connectivity index (χ0n) is 12.0. The highest BCUT2D eigenvalue weighted by atomic mass is 16.6. The van der Waals surface area contributed by atoms with Crippen LogP contribution in [0.5, 0.6) is 0 Å². The van der Waals surface area contributed by atoms with Crippen molar-refractivity contribution in [2.75, 3.05) is 17.2 Å².